The van der Waals surface area contributed by atoms with Gasteiger partial charge in [0.15, 0.2) is 0 Å². The van der Waals surface area contributed by atoms with Gasteiger partial charge in [0.25, 0.3) is 0 Å². The number of hydrogen-bond donors (Lipinski definition) is 1. The maximum absolute atomic E-state index is 6.28. The average molecular weight is 267 g/mol. The summed E-state index contributed by atoms with van der Waals surface area (Å²) in [7, 11) is 0. The van der Waals surface area contributed by atoms with Gasteiger partial charge in [-0.1, -0.05) is 31.4 Å². The van der Waals surface area contributed by atoms with Crippen molar-refractivity contribution in [2.24, 2.45) is 17.6 Å². The second-order valence-corrected chi connectivity index (χ2v) is 5.97. The van der Waals surface area contributed by atoms with Crippen LogP contribution in [0.5, 0.6) is 0 Å². The smallest absolute Gasteiger partial charge is 0.0621 e. The molecule has 100 valence electrons. The largest absolute Gasteiger partial charge is 0.327 e. The fourth-order valence-electron chi connectivity index (χ4n) is 3.14. The Hall–Kier alpha value is -0.600. The van der Waals surface area contributed by atoms with E-state index in [9.17, 15) is 0 Å². The van der Waals surface area contributed by atoms with Crippen molar-refractivity contribution in [3.8, 4) is 0 Å². The minimum atomic E-state index is 0.335. The molecule has 1 heterocycles. The number of hydrogen-bond acceptors (Lipinski definition) is 2. The molecule has 0 radical (unpaired) electrons. The Morgan fingerprint density at radius 3 is 3.00 bits per heavy atom. The SMILES string of the molecule is CCCC1CCC(N)C(Cc2ccncc2Cl)C1. The topological polar surface area (TPSA) is 38.9 Å². The summed E-state index contributed by atoms with van der Waals surface area (Å²) in [4.78, 5) is 4.04. The van der Waals surface area contributed by atoms with Crippen molar-refractivity contribution in [2.75, 3.05) is 0 Å². The van der Waals surface area contributed by atoms with Gasteiger partial charge >= 0.3 is 0 Å². The summed E-state index contributed by atoms with van der Waals surface area (Å²) in [5, 5.41) is 0.780. The second-order valence-electron chi connectivity index (χ2n) is 5.56. The summed E-state index contributed by atoms with van der Waals surface area (Å²) < 4.78 is 0. The maximum Gasteiger partial charge on any atom is 0.0621 e. The van der Waals surface area contributed by atoms with Crippen LogP contribution in [-0.4, -0.2) is 11.0 Å². The molecule has 1 aromatic heterocycles. The first kappa shape index (κ1) is 13.8. The Kier molecular flexibility index (Phi) is 5.02. The lowest BCUT2D eigenvalue weighted by Gasteiger charge is -2.34. The van der Waals surface area contributed by atoms with E-state index < -0.39 is 0 Å². The standard InChI is InChI=1S/C15H23ClN2/c1-2-3-11-4-5-15(17)13(8-11)9-12-6-7-18-10-14(12)16/h6-7,10-11,13,15H,2-5,8-9,17H2,1H3. The highest BCUT2D eigenvalue weighted by Crippen LogP contribution is 2.34. The van der Waals surface area contributed by atoms with Gasteiger partial charge in [0, 0.05) is 18.4 Å². The molecular weight excluding hydrogens is 244 g/mol. The molecule has 2 nitrogen and oxygen atoms in total. The van der Waals surface area contributed by atoms with E-state index in [0.29, 0.717) is 12.0 Å². The minimum Gasteiger partial charge on any atom is -0.327 e. The third-order valence-corrected chi connectivity index (χ3v) is 4.53. The highest BCUT2D eigenvalue weighted by Gasteiger charge is 2.28. The van der Waals surface area contributed by atoms with Gasteiger partial charge in [0.2, 0.25) is 0 Å². The normalized spacial score (nSPS) is 28.3. The summed E-state index contributed by atoms with van der Waals surface area (Å²) in [6.07, 6.45) is 10.9. The molecule has 3 heteroatoms. The van der Waals surface area contributed by atoms with Crippen LogP contribution >= 0.6 is 11.6 Å². The van der Waals surface area contributed by atoms with Gasteiger partial charge in [-0.05, 0) is 49.1 Å². The fraction of sp³-hybridized carbons (Fsp3) is 0.667. The van der Waals surface area contributed by atoms with Gasteiger partial charge in [-0.25, -0.2) is 0 Å². The van der Waals surface area contributed by atoms with Crippen molar-refractivity contribution in [1.29, 1.82) is 0 Å². The van der Waals surface area contributed by atoms with E-state index >= 15 is 0 Å². The van der Waals surface area contributed by atoms with Crippen LogP contribution in [-0.2, 0) is 6.42 Å². The van der Waals surface area contributed by atoms with Gasteiger partial charge in [0.1, 0.15) is 0 Å². The van der Waals surface area contributed by atoms with E-state index in [0.717, 1.165) is 23.8 Å². The van der Waals surface area contributed by atoms with Crippen LogP contribution in [0.4, 0.5) is 0 Å². The summed E-state index contributed by atoms with van der Waals surface area (Å²) in [6, 6.07) is 2.36. The Labute approximate surface area is 115 Å². The van der Waals surface area contributed by atoms with Gasteiger partial charge < -0.3 is 5.73 Å². The Morgan fingerprint density at radius 2 is 2.28 bits per heavy atom. The molecule has 0 bridgehead atoms. The maximum atomic E-state index is 6.28. The van der Waals surface area contributed by atoms with Crippen molar-refractivity contribution in [3.05, 3.63) is 29.0 Å². The molecule has 1 aliphatic carbocycles. The highest BCUT2D eigenvalue weighted by molar-refractivity contribution is 6.31. The quantitative estimate of drug-likeness (QED) is 0.900. The van der Waals surface area contributed by atoms with Gasteiger partial charge in [-0.15, -0.1) is 0 Å². The Morgan fingerprint density at radius 1 is 1.44 bits per heavy atom. The lowest BCUT2D eigenvalue weighted by Crippen LogP contribution is -2.37. The predicted octanol–water partition coefficient (Wildman–Crippen LogP) is 3.82. The third kappa shape index (κ3) is 3.46. The zero-order chi connectivity index (χ0) is 13.0. The fourth-order valence-corrected chi connectivity index (χ4v) is 3.34. The summed E-state index contributed by atoms with van der Waals surface area (Å²) in [6.45, 7) is 2.27. The second kappa shape index (κ2) is 6.53. The first-order valence-corrected chi connectivity index (χ1v) is 7.42. The molecule has 0 amide bonds. The zero-order valence-electron chi connectivity index (χ0n) is 11.1. The molecular formula is C15H23ClN2. The molecule has 1 saturated carbocycles. The van der Waals surface area contributed by atoms with Gasteiger partial charge in [0.05, 0.1) is 5.02 Å². The van der Waals surface area contributed by atoms with Crippen molar-refractivity contribution in [2.45, 2.75) is 51.5 Å². The molecule has 1 aromatic rings. The van der Waals surface area contributed by atoms with Crippen molar-refractivity contribution >= 4 is 11.6 Å². The lowest BCUT2D eigenvalue weighted by molar-refractivity contribution is 0.221. The molecule has 3 atom stereocenters. The van der Waals surface area contributed by atoms with Crippen molar-refractivity contribution in [3.63, 3.8) is 0 Å². The predicted molar refractivity (Wildman–Crippen MR) is 76.7 cm³/mol. The molecule has 0 saturated heterocycles. The first-order valence-electron chi connectivity index (χ1n) is 7.04. The van der Waals surface area contributed by atoms with Crippen LogP contribution in [0.25, 0.3) is 0 Å². The Bertz CT molecular complexity index is 381. The number of nitrogens with zero attached hydrogens (tertiary/aromatic N) is 1. The monoisotopic (exact) mass is 266 g/mol. The van der Waals surface area contributed by atoms with Crippen molar-refractivity contribution in [1.82, 2.24) is 4.98 Å². The molecule has 1 fully saturated rings. The van der Waals surface area contributed by atoms with Crippen LogP contribution in [0.2, 0.25) is 5.02 Å². The average Bonchev–Trinajstić information content (AvgIpc) is 2.36. The third-order valence-electron chi connectivity index (χ3n) is 4.19. The number of pyridine rings is 1. The van der Waals surface area contributed by atoms with E-state index in [-0.39, 0.29) is 0 Å². The van der Waals surface area contributed by atoms with E-state index in [4.69, 9.17) is 17.3 Å². The van der Waals surface area contributed by atoms with Crippen molar-refractivity contribution < 1.29 is 0 Å². The van der Waals surface area contributed by atoms with Gasteiger partial charge in [-0.3, -0.25) is 4.98 Å². The number of rotatable bonds is 4. The lowest BCUT2D eigenvalue weighted by atomic mass is 9.74. The highest BCUT2D eigenvalue weighted by atomic mass is 35.5. The number of nitrogens with two attached hydrogens (primary N) is 1. The van der Waals surface area contributed by atoms with Crippen LogP contribution in [0.1, 0.15) is 44.6 Å². The van der Waals surface area contributed by atoms with Crippen LogP contribution in [0.3, 0.4) is 0 Å². The van der Waals surface area contributed by atoms with E-state index in [1.807, 2.05) is 12.3 Å². The molecule has 2 rings (SSSR count). The zero-order valence-corrected chi connectivity index (χ0v) is 11.9. The van der Waals surface area contributed by atoms with E-state index in [1.165, 1.54) is 31.2 Å². The summed E-state index contributed by atoms with van der Waals surface area (Å²) in [5.74, 6) is 1.44. The molecule has 0 aliphatic heterocycles. The van der Waals surface area contributed by atoms with E-state index in [2.05, 4.69) is 11.9 Å². The molecule has 0 spiro atoms. The Balaban J connectivity index is 2.00. The summed E-state index contributed by atoms with van der Waals surface area (Å²) in [5.41, 5.74) is 7.47. The minimum absolute atomic E-state index is 0.335. The van der Waals surface area contributed by atoms with Crippen LogP contribution in [0.15, 0.2) is 18.5 Å². The first-order chi connectivity index (χ1) is 8.70. The molecule has 1 aliphatic rings. The molecule has 3 unspecified atom stereocenters. The number of aromatic nitrogens is 1. The molecule has 18 heavy (non-hydrogen) atoms. The molecule has 2 N–H and O–H groups in total. The van der Waals surface area contributed by atoms with Gasteiger partial charge in [-0.2, -0.15) is 0 Å². The number of halogens is 1. The summed E-state index contributed by atoms with van der Waals surface area (Å²) >= 11 is 6.19. The van der Waals surface area contributed by atoms with Crippen LogP contribution in [0, 0.1) is 11.8 Å². The van der Waals surface area contributed by atoms with E-state index in [1.54, 1.807) is 6.20 Å². The molecule has 0 aromatic carbocycles. The van der Waals surface area contributed by atoms with Crippen LogP contribution < -0.4 is 5.73 Å².